The average molecular weight is 248 g/mol. The lowest BCUT2D eigenvalue weighted by atomic mass is 9.72. The zero-order valence-electron chi connectivity index (χ0n) is 11.0. The smallest absolute Gasteiger partial charge is 0.336 e. The minimum atomic E-state index is -0.492. The van der Waals surface area contributed by atoms with E-state index in [1.807, 2.05) is 25.1 Å². The third kappa shape index (κ3) is 2.41. The highest BCUT2D eigenvalue weighted by Crippen LogP contribution is 2.38. The van der Waals surface area contributed by atoms with E-state index in [4.69, 9.17) is 9.47 Å². The van der Waals surface area contributed by atoms with E-state index < -0.39 is 6.10 Å². The maximum atomic E-state index is 12.0. The normalized spacial score (nSPS) is 27.8. The van der Waals surface area contributed by atoms with Gasteiger partial charge in [0.05, 0.1) is 6.61 Å². The first-order valence-electron chi connectivity index (χ1n) is 6.52. The van der Waals surface area contributed by atoms with Gasteiger partial charge in [-0.25, -0.2) is 4.79 Å². The Morgan fingerprint density at radius 2 is 2.17 bits per heavy atom. The number of carbonyl (C=O) groups is 1. The molecule has 0 N–H and O–H groups in total. The predicted octanol–water partition coefficient (Wildman–Crippen LogP) is 2.69. The third-order valence-corrected chi connectivity index (χ3v) is 3.64. The maximum Gasteiger partial charge on any atom is 0.336 e. The number of hydrogen-bond acceptors (Lipinski definition) is 3. The lowest BCUT2D eigenvalue weighted by molar-refractivity contribution is -0.166. The van der Waals surface area contributed by atoms with Crippen molar-refractivity contribution in [3.05, 3.63) is 35.9 Å². The quantitative estimate of drug-likeness (QED) is 0.771. The fourth-order valence-corrected chi connectivity index (χ4v) is 2.62. The maximum absolute atomic E-state index is 12.0. The minimum Gasteiger partial charge on any atom is -0.464 e. The van der Waals surface area contributed by atoms with Crippen LogP contribution in [0.4, 0.5) is 0 Å². The van der Waals surface area contributed by atoms with Gasteiger partial charge in [0.15, 0.2) is 6.10 Å². The van der Waals surface area contributed by atoms with Crippen LogP contribution in [0.3, 0.4) is 0 Å². The van der Waals surface area contributed by atoms with Crippen molar-refractivity contribution in [1.82, 2.24) is 0 Å². The van der Waals surface area contributed by atoms with E-state index in [9.17, 15) is 4.79 Å². The first-order chi connectivity index (χ1) is 8.68. The molecule has 0 radical (unpaired) electrons. The second-order valence-electron chi connectivity index (χ2n) is 4.89. The molecule has 0 amide bonds. The summed E-state index contributed by atoms with van der Waals surface area (Å²) in [6.45, 7) is 4.93. The summed E-state index contributed by atoms with van der Waals surface area (Å²) in [6, 6.07) is 10.1. The summed E-state index contributed by atoms with van der Waals surface area (Å²) in [6.07, 6.45) is 1.43. The monoisotopic (exact) mass is 248 g/mol. The summed E-state index contributed by atoms with van der Waals surface area (Å²) in [5.74, 6) is -0.247. The van der Waals surface area contributed by atoms with Crippen LogP contribution in [0.5, 0.6) is 0 Å². The van der Waals surface area contributed by atoms with Crippen LogP contribution in [-0.4, -0.2) is 25.3 Å². The van der Waals surface area contributed by atoms with Crippen molar-refractivity contribution in [2.45, 2.75) is 38.2 Å². The SMILES string of the molecule is CCOC(=O)C1OCCCC1(C)c1ccccc1. The number of esters is 1. The summed E-state index contributed by atoms with van der Waals surface area (Å²) < 4.78 is 10.8. The van der Waals surface area contributed by atoms with Crippen molar-refractivity contribution in [2.24, 2.45) is 0 Å². The third-order valence-electron chi connectivity index (χ3n) is 3.64. The average Bonchev–Trinajstić information content (AvgIpc) is 2.40. The molecule has 1 saturated heterocycles. The second kappa shape index (κ2) is 5.53. The van der Waals surface area contributed by atoms with Gasteiger partial charge in [-0.15, -0.1) is 0 Å². The summed E-state index contributed by atoms with van der Waals surface area (Å²) in [4.78, 5) is 12.0. The second-order valence-corrected chi connectivity index (χ2v) is 4.89. The number of benzene rings is 1. The Morgan fingerprint density at radius 3 is 2.83 bits per heavy atom. The lowest BCUT2D eigenvalue weighted by Crippen LogP contribution is -2.48. The predicted molar refractivity (Wildman–Crippen MR) is 69.4 cm³/mol. The Kier molecular flexibility index (Phi) is 4.02. The summed E-state index contributed by atoms with van der Waals surface area (Å²) in [5.41, 5.74) is 0.855. The Hall–Kier alpha value is -1.35. The van der Waals surface area contributed by atoms with Crippen molar-refractivity contribution in [2.75, 3.05) is 13.2 Å². The van der Waals surface area contributed by atoms with Gasteiger partial charge in [-0.05, 0) is 25.3 Å². The molecule has 0 spiro atoms. The van der Waals surface area contributed by atoms with Gasteiger partial charge in [0.25, 0.3) is 0 Å². The molecule has 0 bridgehead atoms. The summed E-state index contributed by atoms with van der Waals surface area (Å²) in [5, 5.41) is 0. The van der Waals surface area contributed by atoms with Crippen LogP contribution in [0.25, 0.3) is 0 Å². The van der Waals surface area contributed by atoms with Gasteiger partial charge in [0.1, 0.15) is 0 Å². The molecule has 3 nitrogen and oxygen atoms in total. The molecule has 1 heterocycles. The largest absolute Gasteiger partial charge is 0.464 e. The van der Waals surface area contributed by atoms with Crippen LogP contribution < -0.4 is 0 Å². The first kappa shape index (κ1) is 13.1. The summed E-state index contributed by atoms with van der Waals surface area (Å²) in [7, 11) is 0. The molecule has 0 saturated carbocycles. The molecule has 0 aliphatic carbocycles. The standard InChI is InChI=1S/C15H20O3/c1-3-17-14(16)13-15(2,10-7-11-18-13)12-8-5-4-6-9-12/h4-6,8-9,13H,3,7,10-11H2,1-2H3. The number of rotatable bonds is 3. The highest BCUT2D eigenvalue weighted by molar-refractivity contribution is 5.77. The molecule has 0 aromatic heterocycles. The molecule has 18 heavy (non-hydrogen) atoms. The van der Waals surface area contributed by atoms with Crippen LogP contribution in [0, 0.1) is 0 Å². The minimum absolute atomic E-state index is 0.247. The molecule has 1 fully saturated rings. The Balaban J connectivity index is 2.29. The van der Waals surface area contributed by atoms with Crippen LogP contribution in [0.1, 0.15) is 32.3 Å². The summed E-state index contributed by atoms with van der Waals surface area (Å²) >= 11 is 0. The van der Waals surface area contributed by atoms with E-state index in [2.05, 4.69) is 19.1 Å². The Morgan fingerprint density at radius 1 is 1.44 bits per heavy atom. The number of carbonyl (C=O) groups excluding carboxylic acids is 1. The lowest BCUT2D eigenvalue weighted by Gasteiger charge is -2.40. The molecule has 1 aromatic rings. The van der Waals surface area contributed by atoms with Crippen molar-refractivity contribution in [3.63, 3.8) is 0 Å². The van der Waals surface area contributed by atoms with E-state index in [1.54, 1.807) is 0 Å². The van der Waals surface area contributed by atoms with Crippen LogP contribution in [0.15, 0.2) is 30.3 Å². The van der Waals surface area contributed by atoms with E-state index >= 15 is 0 Å². The Bertz CT molecular complexity index is 401. The molecule has 98 valence electrons. The van der Waals surface area contributed by atoms with Gasteiger partial charge in [0, 0.05) is 12.0 Å². The van der Waals surface area contributed by atoms with Crippen LogP contribution in [0.2, 0.25) is 0 Å². The van der Waals surface area contributed by atoms with Gasteiger partial charge in [-0.2, -0.15) is 0 Å². The van der Waals surface area contributed by atoms with E-state index in [1.165, 1.54) is 0 Å². The molecule has 2 unspecified atom stereocenters. The zero-order valence-corrected chi connectivity index (χ0v) is 11.0. The van der Waals surface area contributed by atoms with Gasteiger partial charge in [-0.3, -0.25) is 0 Å². The fraction of sp³-hybridized carbons (Fsp3) is 0.533. The highest BCUT2D eigenvalue weighted by atomic mass is 16.6. The van der Waals surface area contributed by atoms with Crippen molar-refractivity contribution in [3.8, 4) is 0 Å². The number of ether oxygens (including phenoxy) is 2. The highest BCUT2D eigenvalue weighted by Gasteiger charge is 2.44. The van der Waals surface area contributed by atoms with Gasteiger partial charge in [0.2, 0.25) is 0 Å². The number of hydrogen-bond donors (Lipinski definition) is 0. The molecule has 1 aliphatic heterocycles. The Labute approximate surface area is 108 Å². The molecular weight excluding hydrogens is 228 g/mol. The molecule has 3 heteroatoms. The van der Waals surface area contributed by atoms with Gasteiger partial charge in [-0.1, -0.05) is 37.3 Å². The first-order valence-corrected chi connectivity index (χ1v) is 6.52. The van der Waals surface area contributed by atoms with E-state index in [0.29, 0.717) is 13.2 Å². The van der Waals surface area contributed by atoms with E-state index in [-0.39, 0.29) is 11.4 Å². The van der Waals surface area contributed by atoms with Crippen molar-refractivity contribution in [1.29, 1.82) is 0 Å². The molecule has 2 rings (SSSR count). The van der Waals surface area contributed by atoms with Crippen molar-refractivity contribution >= 4 is 5.97 Å². The fourth-order valence-electron chi connectivity index (χ4n) is 2.62. The van der Waals surface area contributed by atoms with E-state index in [0.717, 1.165) is 18.4 Å². The molecular formula is C15H20O3. The van der Waals surface area contributed by atoms with Crippen molar-refractivity contribution < 1.29 is 14.3 Å². The van der Waals surface area contributed by atoms with Crippen LogP contribution in [-0.2, 0) is 19.7 Å². The zero-order chi connectivity index (χ0) is 13.0. The van der Waals surface area contributed by atoms with Crippen LogP contribution >= 0.6 is 0 Å². The van der Waals surface area contributed by atoms with Gasteiger partial charge < -0.3 is 9.47 Å². The molecule has 1 aromatic carbocycles. The topological polar surface area (TPSA) is 35.5 Å². The molecule has 2 atom stereocenters. The van der Waals surface area contributed by atoms with Gasteiger partial charge >= 0.3 is 5.97 Å². The molecule has 1 aliphatic rings.